The predicted octanol–water partition coefficient (Wildman–Crippen LogP) is 6.22. The van der Waals surface area contributed by atoms with Gasteiger partial charge >= 0.3 is 5.97 Å². The Morgan fingerprint density at radius 1 is 0.970 bits per heavy atom. The molecule has 0 saturated heterocycles. The highest BCUT2D eigenvalue weighted by atomic mass is 16.5. The van der Waals surface area contributed by atoms with Crippen LogP contribution in [0.15, 0.2) is 59.0 Å². The fraction of sp³-hybridized carbons (Fsp3) is 0.333. The molecule has 0 radical (unpaired) electrons. The Bertz CT molecular complexity index is 1240. The van der Waals surface area contributed by atoms with E-state index >= 15 is 0 Å². The molecular formula is C27H30N2O4. The molecule has 0 fully saturated rings. The van der Waals surface area contributed by atoms with Crippen LogP contribution in [0.3, 0.4) is 0 Å². The Morgan fingerprint density at radius 3 is 2.55 bits per heavy atom. The van der Waals surface area contributed by atoms with Crippen LogP contribution in [0.4, 0.5) is 5.69 Å². The monoisotopic (exact) mass is 446 g/mol. The molecule has 0 aliphatic heterocycles. The molecule has 0 saturated carbocycles. The molecular weight excluding hydrogens is 416 g/mol. The molecule has 0 aliphatic rings. The van der Waals surface area contributed by atoms with E-state index in [0.29, 0.717) is 31.9 Å². The van der Waals surface area contributed by atoms with Gasteiger partial charge in [-0.3, -0.25) is 4.79 Å². The second-order valence-corrected chi connectivity index (χ2v) is 7.82. The maximum Gasteiger partial charge on any atom is 0.305 e. The molecule has 4 aromatic rings. The van der Waals surface area contributed by atoms with Crippen LogP contribution in [-0.4, -0.2) is 37.3 Å². The van der Waals surface area contributed by atoms with Crippen LogP contribution < -0.4 is 9.64 Å². The van der Waals surface area contributed by atoms with E-state index in [1.54, 1.807) is 0 Å². The number of hydrogen-bond acceptors (Lipinski definition) is 6. The summed E-state index contributed by atoms with van der Waals surface area (Å²) in [7, 11) is 0. The number of fused-ring (bicyclic) bond motifs is 2. The maximum absolute atomic E-state index is 11.4. The first kappa shape index (κ1) is 22.6. The van der Waals surface area contributed by atoms with E-state index in [1.807, 2.05) is 43.3 Å². The van der Waals surface area contributed by atoms with Crippen molar-refractivity contribution in [2.75, 3.05) is 31.2 Å². The molecule has 172 valence electrons. The minimum absolute atomic E-state index is 0.185. The Kier molecular flexibility index (Phi) is 7.13. The van der Waals surface area contributed by atoms with E-state index in [2.05, 4.69) is 41.9 Å². The normalized spacial score (nSPS) is 11.1. The van der Waals surface area contributed by atoms with Crippen LogP contribution in [-0.2, 0) is 9.53 Å². The van der Waals surface area contributed by atoms with Gasteiger partial charge in [-0.25, -0.2) is 4.98 Å². The molecule has 6 nitrogen and oxygen atoms in total. The van der Waals surface area contributed by atoms with Crippen molar-refractivity contribution in [1.82, 2.24) is 4.98 Å². The van der Waals surface area contributed by atoms with Crippen LogP contribution in [0.2, 0.25) is 0 Å². The Labute approximate surface area is 194 Å². The minimum Gasteiger partial charge on any atom is -0.494 e. The summed E-state index contributed by atoms with van der Waals surface area (Å²) in [5.74, 6) is 1.21. The van der Waals surface area contributed by atoms with Gasteiger partial charge in [-0.1, -0.05) is 12.1 Å². The number of oxazole rings is 1. The standard InChI is InChI=1S/C27H30N2O4/c1-4-29(5-2)22-12-14-24-25(18-22)33-27(28-24)21-10-9-20-17-23(13-11-19(20)16-21)32-15-7-8-26(30)31-6-3/h9-14,16-18H,4-8,15H2,1-3H3. The fourth-order valence-electron chi connectivity index (χ4n) is 3.91. The van der Waals surface area contributed by atoms with Crippen molar-refractivity contribution < 1.29 is 18.7 Å². The van der Waals surface area contributed by atoms with Gasteiger partial charge in [-0.2, -0.15) is 0 Å². The second kappa shape index (κ2) is 10.4. The molecule has 0 N–H and O–H groups in total. The number of anilines is 1. The summed E-state index contributed by atoms with van der Waals surface area (Å²) in [6, 6.07) is 18.3. The molecule has 1 aromatic heterocycles. The third kappa shape index (κ3) is 5.28. The van der Waals surface area contributed by atoms with Crippen molar-refractivity contribution in [1.29, 1.82) is 0 Å². The number of carbonyl (C=O) groups is 1. The van der Waals surface area contributed by atoms with Gasteiger partial charge in [0, 0.05) is 36.8 Å². The summed E-state index contributed by atoms with van der Waals surface area (Å²) in [6.45, 7) is 8.88. The van der Waals surface area contributed by atoms with Crippen LogP contribution in [0.25, 0.3) is 33.3 Å². The number of nitrogens with zero attached hydrogens (tertiary/aromatic N) is 2. The highest BCUT2D eigenvalue weighted by Crippen LogP contribution is 2.30. The number of hydrogen-bond donors (Lipinski definition) is 0. The fourth-order valence-corrected chi connectivity index (χ4v) is 3.91. The predicted molar refractivity (Wildman–Crippen MR) is 132 cm³/mol. The largest absolute Gasteiger partial charge is 0.494 e. The molecule has 4 rings (SSSR count). The van der Waals surface area contributed by atoms with Crippen LogP contribution in [0.5, 0.6) is 5.75 Å². The lowest BCUT2D eigenvalue weighted by Crippen LogP contribution is -2.21. The zero-order valence-electron chi connectivity index (χ0n) is 19.5. The van der Waals surface area contributed by atoms with Crippen molar-refractivity contribution >= 4 is 33.5 Å². The quantitative estimate of drug-likeness (QED) is 0.213. The molecule has 0 bridgehead atoms. The van der Waals surface area contributed by atoms with E-state index in [-0.39, 0.29) is 5.97 Å². The molecule has 3 aromatic carbocycles. The highest BCUT2D eigenvalue weighted by molar-refractivity contribution is 5.88. The van der Waals surface area contributed by atoms with Crippen molar-refractivity contribution in [3.63, 3.8) is 0 Å². The SMILES string of the molecule is CCOC(=O)CCCOc1ccc2cc(-c3nc4ccc(N(CC)CC)cc4o3)ccc2c1. The third-order valence-electron chi connectivity index (χ3n) is 5.66. The van der Waals surface area contributed by atoms with Gasteiger partial charge in [0.2, 0.25) is 5.89 Å². The van der Waals surface area contributed by atoms with Gasteiger partial charge in [0.05, 0.1) is 13.2 Å². The first-order chi connectivity index (χ1) is 16.1. The van der Waals surface area contributed by atoms with Gasteiger partial charge in [-0.15, -0.1) is 0 Å². The zero-order chi connectivity index (χ0) is 23.2. The van der Waals surface area contributed by atoms with Gasteiger partial charge in [0.1, 0.15) is 11.3 Å². The topological polar surface area (TPSA) is 64.8 Å². The summed E-state index contributed by atoms with van der Waals surface area (Å²) in [6.07, 6.45) is 0.995. The summed E-state index contributed by atoms with van der Waals surface area (Å²) in [5.41, 5.74) is 3.73. The summed E-state index contributed by atoms with van der Waals surface area (Å²) in [4.78, 5) is 18.4. The number of carbonyl (C=O) groups excluding carboxylic acids is 1. The summed E-state index contributed by atoms with van der Waals surface area (Å²) >= 11 is 0. The lowest BCUT2D eigenvalue weighted by molar-refractivity contribution is -0.143. The van der Waals surface area contributed by atoms with E-state index in [1.165, 1.54) is 0 Å². The maximum atomic E-state index is 11.4. The number of esters is 1. The van der Waals surface area contributed by atoms with Crippen molar-refractivity contribution in [2.45, 2.75) is 33.6 Å². The first-order valence-corrected chi connectivity index (χ1v) is 11.6. The third-order valence-corrected chi connectivity index (χ3v) is 5.66. The second-order valence-electron chi connectivity index (χ2n) is 7.82. The molecule has 6 heteroatoms. The Morgan fingerprint density at radius 2 is 1.76 bits per heavy atom. The number of rotatable bonds is 10. The average Bonchev–Trinajstić information content (AvgIpc) is 3.26. The Balaban J connectivity index is 1.48. The van der Waals surface area contributed by atoms with Crippen LogP contribution >= 0.6 is 0 Å². The van der Waals surface area contributed by atoms with Gasteiger partial charge in [-0.05, 0) is 74.4 Å². The first-order valence-electron chi connectivity index (χ1n) is 11.6. The zero-order valence-corrected chi connectivity index (χ0v) is 19.5. The lowest BCUT2D eigenvalue weighted by atomic mass is 10.1. The van der Waals surface area contributed by atoms with E-state index in [9.17, 15) is 4.79 Å². The number of benzene rings is 3. The summed E-state index contributed by atoms with van der Waals surface area (Å²) in [5, 5.41) is 2.15. The molecule has 0 aliphatic carbocycles. The van der Waals surface area contributed by atoms with Crippen molar-refractivity contribution in [3.8, 4) is 17.2 Å². The van der Waals surface area contributed by atoms with Crippen molar-refractivity contribution in [3.05, 3.63) is 54.6 Å². The van der Waals surface area contributed by atoms with Gasteiger partial charge in [0.15, 0.2) is 5.58 Å². The lowest BCUT2D eigenvalue weighted by Gasteiger charge is -2.20. The van der Waals surface area contributed by atoms with Crippen LogP contribution in [0.1, 0.15) is 33.6 Å². The number of ether oxygens (including phenoxy) is 2. The minimum atomic E-state index is -0.185. The molecule has 1 heterocycles. The van der Waals surface area contributed by atoms with Gasteiger partial charge < -0.3 is 18.8 Å². The molecule has 0 spiro atoms. The highest BCUT2D eigenvalue weighted by Gasteiger charge is 2.12. The molecule has 0 amide bonds. The Hall–Kier alpha value is -3.54. The van der Waals surface area contributed by atoms with Crippen LogP contribution in [0, 0.1) is 0 Å². The molecule has 0 unspecified atom stereocenters. The molecule has 33 heavy (non-hydrogen) atoms. The number of aromatic nitrogens is 1. The van der Waals surface area contributed by atoms with E-state index in [4.69, 9.17) is 13.9 Å². The van der Waals surface area contributed by atoms with Gasteiger partial charge in [0.25, 0.3) is 0 Å². The molecule has 0 atom stereocenters. The van der Waals surface area contributed by atoms with E-state index < -0.39 is 0 Å². The van der Waals surface area contributed by atoms with Crippen molar-refractivity contribution in [2.24, 2.45) is 0 Å². The van der Waals surface area contributed by atoms with E-state index in [0.717, 1.165) is 52.0 Å². The smallest absolute Gasteiger partial charge is 0.305 e. The summed E-state index contributed by atoms with van der Waals surface area (Å²) < 4.78 is 16.8. The average molecular weight is 447 g/mol.